The molecule has 0 unspecified atom stereocenters. The van der Waals surface area contributed by atoms with Crippen molar-refractivity contribution in [2.24, 2.45) is 0 Å². The summed E-state index contributed by atoms with van der Waals surface area (Å²) in [6, 6.07) is 3.69. The number of imidazole rings is 1. The minimum absolute atomic E-state index is 0.0876. The number of aromatic nitrogens is 2. The molecule has 0 fully saturated rings. The van der Waals surface area contributed by atoms with Gasteiger partial charge in [-0.05, 0) is 15.9 Å². The average molecular weight is 235 g/mol. The summed E-state index contributed by atoms with van der Waals surface area (Å²) in [5, 5.41) is 17.3. The molecule has 0 saturated heterocycles. The van der Waals surface area contributed by atoms with Crippen LogP contribution in [0.15, 0.2) is 4.73 Å². The van der Waals surface area contributed by atoms with Crippen molar-refractivity contribution in [3.8, 4) is 24.5 Å². The first-order valence-corrected chi connectivity index (χ1v) is 4.03. The Hall–Kier alpha value is -1.77. The molecule has 0 radical (unpaired) electrons. The average Bonchev–Trinajstić information content (AvgIpc) is 2.44. The number of rotatable bonds is 1. The highest BCUT2D eigenvalue weighted by Gasteiger charge is 2.13. The van der Waals surface area contributed by atoms with Gasteiger partial charge in [0.1, 0.15) is 12.1 Å². The van der Waals surface area contributed by atoms with Crippen LogP contribution in [0.4, 0.5) is 0 Å². The highest BCUT2D eigenvalue weighted by Crippen LogP contribution is 2.15. The van der Waals surface area contributed by atoms with Crippen molar-refractivity contribution in [2.75, 3.05) is 0 Å². The predicted octanol–water partition coefficient (Wildman–Crippen LogP) is 1.02. The van der Waals surface area contributed by atoms with E-state index >= 15 is 0 Å². The third-order valence-electron chi connectivity index (χ3n) is 1.38. The van der Waals surface area contributed by atoms with Gasteiger partial charge in [-0.3, -0.25) is 4.57 Å². The number of hydrogen-bond donors (Lipinski definition) is 0. The molecule has 1 heterocycles. The molecule has 62 valence electrons. The summed E-state index contributed by atoms with van der Waals surface area (Å²) in [6.45, 7) is 0.220. The van der Waals surface area contributed by atoms with Gasteiger partial charge in [0.05, 0.1) is 6.54 Å². The van der Waals surface area contributed by atoms with Crippen LogP contribution in [0, 0.1) is 35.0 Å². The summed E-state index contributed by atoms with van der Waals surface area (Å²) in [4.78, 5) is 3.82. The molecule has 0 aliphatic rings. The van der Waals surface area contributed by atoms with Gasteiger partial charge in [0.2, 0.25) is 0 Å². The normalized spacial score (nSPS) is 8.46. The van der Waals surface area contributed by atoms with Crippen LogP contribution in [-0.4, -0.2) is 9.55 Å². The van der Waals surface area contributed by atoms with Crippen LogP contribution < -0.4 is 0 Å². The van der Waals surface area contributed by atoms with Gasteiger partial charge in [0, 0.05) is 0 Å². The molecule has 0 aliphatic carbocycles. The van der Waals surface area contributed by atoms with E-state index in [1.807, 2.05) is 12.1 Å². The maximum absolute atomic E-state index is 8.72. The third kappa shape index (κ3) is 1.54. The van der Waals surface area contributed by atoms with Crippen LogP contribution in [0.3, 0.4) is 0 Å². The van der Waals surface area contributed by atoms with Crippen molar-refractivity contribution >= 4 is 15.9 Å². The summed E-state index contributed by atoms with van der Waals surface area (Å²) in [5.74, 6) is 2.37. The Balaban J connectivity index is 3.37. The van der Waals surface area contributed by atoms with Gasteiger partial charge in [0.15, 0.2) is 16.1 Å². The third-order valence-corrected chi connectivity index (χ3v) is 1.99. The fourth-order valence-electron chi connectivity index (χ4n) is 0.852. The largest absolute Gasteiger partial charge is 0.297 e. The number of nitrogens with zero attached hydrogens (tertiary/aromatic N) is 4. The van der Waals surface area contributed by atoms with Crippen LogP contribution in [0.2, 0.25) is 0 Å². The minimum atomic E-state index is 0.0876. The van der Waals surface area contributed by atoms with Gasteiger partial charge in [-0.2, -0.15) is 10.5 Å². The molecule has 0 atom stereocenters. The van der Waals surface area contributed by atoms with E-state index in [4.69, 9.17) is 16.9 Å². The SMILES string of the molecule is C#CCn1c(Br)nc(C#N)c1C#N. The summed E-state index contributed by atoms with van der Waals surface area (Å²) in [5.41, 5.74) is 0.275. The quantitative estimate of drug-likeness (QED) is 0.682. The number of nitriles is 2. The Morgan fingerprint density at radius 2 is 2.15 bits per heavy atom. The van der Waals surface area contributed by atoms with E-state index in [0.29, 0.717) is 4.73 Å². The van der Waals surface area contributed by atoms with Crippen LogP contribution >= 0.6 is 15.9 Å². The van der Waals surface area contributed by atoms with E-state index in [9.17, 15) is 0 Å². The van der Waals surface area contributed by atoms with E-state index in [1.165, 1.54) is 4.57 Å². The second-order valence-electron chi connectivity index (χ2n) is 2.09. The standard InChI is InChI=1S/C8H3BrN4/c1-2-3-13-7(5-11)6(4-10)12-8(13)9/h1H,3H2. The van der Waals surface area contributed by atoms with Crippen LogP contribution in [-0.2, 0) is 6.54 Å². The molecule has 0 spiro atoms. The highest BCUT2D eigenvalue weighted by molar-refractivity contribution is 9.10. The van der Waals surface area contributed by atoms with Gasteiger partial charge < -0.3 is 0 Å². The lowest BCUT2D eigenvalue weighted by molar-refractivity contribution is 0.801. The maximum atomic E-state index is 8.72. The van der Waals surface area contributed by atoms with Gasteiger partial charge in [-0.15, -0.1) is 6.42 Å². The molecular formula is C8H3BrN4. The monoisotopic (exact) mass is 234 g/mol. The number of hydrogen-bond acceptors (Lipinski definition) is 3. The molecule has 0 N–H and O–H groups in total. The second kappa shape index (κ2) is 3.76. The van der Waals surface area contributed by atoms with Crippen molar-refractivity contribution in [2.45, 2.75) is 6.54 Å². The molecule has 0 bridgehead atoms. The fraction of sp³-hybridized carbons (Fsp3) is 0.125. The van der Waals surface area contributed by atoms with E-state index in [0.717, 1.165) is 0 Å². The molecule has 4 nitrogen and oxygen atoms in total. The smallest absolute Gasteiger partial charge is 0.180 e. The molecule has 0 aliphatic heterocycles. The molecule has 13 heavy (non-hydrogen) atoms. The maximum Gasteiger partial charge on any atom is 0.180 e. The highest BCUT2D eigenvalue weighted by atomic mass is 79.9. The summed E-state index contributed by atoms with van der Waals surface area (Å²) in [6.07, 6.45) is 5.09. The summed E-state index contributed by atoms with van der Waals surface area (Å²) in [7, 11) is 0. The number of terminal acetylenes is 1. The Kier molecular flexibility index (Phi) is 2.69. The van der Waals surface area contributed by atoms with Crippen LogP contribution in [0.5, 0.6) is 0 Å². The van der Waals surface area contributed by atoms with Crippen molar-refractivity contribution in [3.05, 3.63) is 16.1 Å². The molecule has 0 amide bonds. The molecule has 1 rings (SSSR count). The lowest BCUT2D eigenvalue weighted by Gasteiger charge is -1.97. The number of halogens is 1. The molecule has 5 heteroatoms. The van der Waals surface area contributed by atoms with Crippen LogP contribution in [0.1, 0.15) is 11.4 Å². The lowest BCUT2D eigenvalue weighted by atomic mass is 10.3. The van der Waals surface area contributed by atoms with Crippen molar-refractivity contribution in [1.29, 1.82) is 10.5 Å². The van der Waals surface area contributed by atoms with Gasteiger partial charge in [-0.25, -0.2) is 4.98 Å². The van der Waals surface area contributed by atoms with Gasteiger partial charge in [-0.1, -0.05) is 5.92 Å². The fourth-order valence-corrected chi connectivity index (χ4v) is 1.33. The van der Waals surface area contributed by atoms with Crippen molar-refractivity contribution in [1.82, 2.24) is 9.55 Å². The molecule has 1 aromatic rings. The second-order valence-corrected chi connectivity index (χ2v) is 2.80. The van der Waals surface area contributed by atoms with Gasteiger partial charge in [0.25, 0.3) is 0 Å². The summed E-state index contributed by atoms with van der Waals surface area (Å²) < 4.78 is 1.86. The minimum Gasteiger partial charge on any atom is -0.297 e. The zero-order valence-corrected chi connectivity index (χ0v) is 8.04. The Bertz CT molecular complexity index is 452. The Morgan fingerprint density at radius 1 is 1.46 bits per heavy atom. The molecule has 0 aromatic carbocycles. The first-order valence-electron chi connectivity index (χ1n) is 3.24. The molecule has 0 saturated carbocycles. The zero-order chi connectivity index (χ0) is 9.84. The molecule has 1 aromatic heterocycles. The first kappa shape index (κ1) is 9.32. The van der Waals surface area contributed by atoms with E-state index < -0.39 is 0 Å². The van der Waals surface area contributed by atoms with Crippen molar-refractivity contribution in [3.63, 3.8) is 0 Å². The van der Waals surface area contributed by atoms with Crippen molar-refractivity contribution < 1.29 is 0 Å². The lowest BCUT2D eigenvalue weighted by Crippen LogP contribution is -1.99. The van der Waals surface area contributed by atoms with E-state index in [1.54, 1.807) is 0 Å². The Labute approximate surface area is 83.5 Å². The zero-order valence-electron chi connectivity index (χ0n) is 6.45. The molecular weight excluding hydrogens is 232 g/mol. The Morgan fingerprint density at radius 3 is 2.62 bits per heavy atom. The first-order chi connectivity index (χ1) is 6.24. The predicted molar refractivity (Wildman–Crippen MR) is 48.2 cm³/mol. The summed E-state index contributed by atoms with van der Waals surface area (Å²) >= 11 is 3.10. The van der Waals surface area contributed by atoms with Crippen LogP contribution in [0.25, 0.3) is 0 Å². The van der Waals surface area contributed by atoms with E-state index in [-0.39, 0.29) is 17.9 Å². The van der Waals surface area contributed by atoms with E-state index in [2.05, 4.69) is 26.8 Å². The topological polar surface area (TPSA) is 65.4 Å². The van der Waals surface area contributed by atoms with Gasteiger partial charge >= 0.3 is 0 Å².